The quantitative estimate of drug-likeness (QED) is 0.399. The molecule has 3 aromatic rings. The van der Waals surface area contributed by atoms with Gasteiger partial charge >= 0.3 is 5.97 Å². The van der Waals surface area contributed by atoms with Crippen molar-refractivity contribution in [2.75, 3.05) is 21.3 Å². The van der Waals surface area contributed by atoms with Crippen molar-refractivity contribution in [1.82, 2.24) is 4.98 Å². The molecule has 3 rings (SSSR count). The Bertz CT molecular complexity index is 995. The van der Waals surface area contributed by atoms with Gasteiger partial charge in [-0.15, -0.1) is 11.3 Å². The number of esters is 1. The zero-order valence-corrected chi connectivity index (χ0v) is 17.2. The molecule has 150 valence electrons. The van der Waals surface area contributed by atoms with Gasteiger partial charge in [-0.2, -0.15) is 0 Å². The number of carbonyl (C=O) groups is 1. The Hall–Kier alpha value is -3.32. The minimum Gasteiger partial charge on any atom is -0.497 e. The lowest BCUT2D eigenvalue weighted by molar-refractivity contribution is -0.139. The summed E-state index contributed by atoms with van der Waals surface area (Å²) in [7, 11) is 4.74. The number of ether oxygens (including phenoxy) is 4. The maximum atomic E-state index is 12.1. The van der Waals surface area contributed by atoms with E-state index in [1.54, 1.807) is 33.5 Å². The summed E-state index contributed by atoms with van der Waals surface area (Å²) >= 11 is 1.50. The third kappa shape index (κ3) is 5.14. The minimum absolute atomic E-state index is 0.102. The fraction of sp³-hybridized carbons (Fsp3) is 0.182. The summed E-state index contributed by atoms with van der Waals surface area (Å²) in [5, 5.41) is 2.73. The van der Waals surface area contributed by atoms with E-state index < -0.39 is 5.97 Å². The normalized spacial score (nSPS) is 10.7. The van der Waals surface area contributed by atoms with Gasteiger partial charge in [0, 0.05) is 22.6 Å². The fourth-order valence-electron chi connectivity index (χ4n) is 2.63. The zero-order valence-electron chi connectivity index (χ0n) is 16.4. The van der Waals surface area contributed by atoms with Crippen LogP contribution in [0.3, 0.4) is 0 Å². The average molecular weight is 411 g/mol. The molecule has 2 aromatic carbocycles. The number of benzene rings is 2. The molecule has 0 N–H and O–H groups in total. The Labute approximate surface area is 173 Å². The van der Waals surface area contributed by atoms with E-state index in [1.807, 2.05) is 41.8 Å². The smallest absolute Gasteiger partial charge is 0.331 e. The Kier molecular flexibility index (Phi) is 6.86. The number of aromatic nitrogens is 1. The molecule has 6 nitrogen and oxygen atoms in total. The maximum absolute atomic E-state index is 12.1. The van der Waals surface area contributed by atoms with Crippen LogP contribution in [0.2, 0.25) is 0 Å². The highest BCUT2D eigenvalue weighted by Gasteiger charge is 2.09. The summed E-state index contributed by atoms with van der Waals surface area (Å²) in [4.78, 5) is 16.6. The fourth-order valence-corrected chi connectivity index (χ4v) is 3.44. The van der Waals surface area contributed by atoms with Crippen LogP contribution in [-0.4, -0.2) is 32.3 Å². The number of hydrogen-bond acceptors (Lipinski definition) is 7. The molecular formula is C22H21NO5S. The van der Waals surface area contributed by atoms with Crippen molar-refractivity contribution in [2.45, 2.75) is 6.61 Å². The van der Waals surface area contributed by atoms with Crippen molar-refractivity contribution >= 4 is 23.4 Å². The van der Waals surface area contributed by atoms with Gasteiger partial charge in [0.15, 0.2) is 11.5 Å². The van der Waals surface area contributed by atoms with Gasteiger partial charge in [-0.1, -0.05) is 12.1 Å². The molecule has 0 aliphatic heterocycles. The van der Waals surface area contributed by atoms with E-state index in [-0.39, 0.29) is 6.61 Å². The second-order valence-corrected chi connectivity index (χ2v) is 6.75. The van der Waals surface area contributed by atoms with E-state index >= 15 is 0 Å². The van der Waals surface area contributed by atoms with Crippen LogP contribution in [0.4, 0.5) is 0 Å². The number of para-hydroxylation sites is 1. The van der Waals surface area contributed by atoms with Crippen LogP contribution in [0.25, 0.3) is 16.6 Å². The van der Waals surface area contributed by atoms with Crippen LogP contribution in [0, 0.1) is 0 Å². The van der Waals surface area contributed by atoms with E-state index in [0.717, 1.165) is 21.9 Å². The standard InChI is InChI=1S/C22H21NO5S/c1-25-18-10-7-16(8-11-18)22-23-17(14-29-22)13-28-20(24)12-9-15-5-4-6-19(26-2)21(15)27-3/h4-12,14H,13H2,1-3H3/b12-9+. The van der Waals surface area contributed by atoms with Crippen LogP contribution >= 0.6 is 11.3 Å². The lowest BCUT2D eigenvalue weighted by atomic mass is 10.1. The molecule has 0 aliphatic carbocycles. The first-order chi connectivity index (χ1) is 14.1. The summed E-state index contributed by atoms with van der Waals surface area (Å²) in [6.07, 6.45) is 2.99. The van der Waals surface area contributed by atoms with E-state index in [0.29, 0.717) is 17.2 Å². The number of methoxy groups -OCH3 is 3. The zero-order chi connectivity index (χ0) is 20.6. The van der Waals surface area contributed by atoms with Crippen LogP contribution in [0.5, 0.6) is 17.2 Å². The van der Waals surface area contributed by atoms with Crippen LogP contribution in [0.1, 0.15) is 11.3 Å². The summed E-state index contributed by atoms with van der Waals surface area (Å²) in [6.45, 7) is 0.102. The van der Waals surface area contributed by atoms with E-state index in [2.05, 4.69) is 4.98 Å². The van der Waals surface area contributed by atoms with Gasteiger partial charge in [-0.25, -0.2) is 9.78 Å². The van der Waals surface area contributed by atoms with Crippen molar-refractivity contribution < 1.29 is 23.7 Å². The molecule has 0 atom stereocenters. The minimum atomic E-state index is -0.464. The van der Waals surface area contributed by atoms with Gasteiger partial charge in [0.05, 0.1) is 27.0 Å². The Balaban J connectivity index is 1.60. The van der Waals surface area contributed by atoms with Gasteiger partial charge in [-0.3, -0.25) is 0 Å². The number of thiazole rings is 1. The van der Waals surface area contributed by atoms with Crippen molar-refractivity contribution in [3.8, 4) is 27.8 Å². The number of rotatable bonds is 8. The van der Waals surface area contributed by atoms with Gasteiger partial charge < -0.3 is 18.9 Å². The molecule has 0 unspecified atom stereocenters. The lowest BCUT2D eigenvalue weighted by Gasteiger charge is -2.09. The van der Waals surface area contributed by atoms with Crippen molar-refractivity contribution in [2.24, 2.45) is 0 Å². The molecule has 0 fully saturated rings. The number of nitrogens with zero attached hydrogens (tertiary/aromatic N) is 1. The first-order valence-electron chi connectivity index (χ1n) is 8.79. The predicted molar refractivity (Wildman–Crippen MR) is 112 cm³/mol. The van der Waals surface area contributed by atoms with Crippen molar-refractivity contribution in [3.05, 3.63) is 65.2 Å². The average Bonchev–Trinajstić information content (AvgIpc) is 3.25. The van der Waals surface area contributed by atoms with E-state index in [9.17, 15) is 4.79 Å². The highest BCUT2D eigenvalue weighted by atomic mass is 32.1. The second kappa shape index (κ2) is 9.75. The van der Waals surface area contributed by atoms with Gasteiger partial charge in [0.1, 0.15) is 17.4 Å². The number of carbonyl (C=O) groups excluding carboxylic acids is 1. The molecular weight excluding hydrogens is 390 g/mol. The summed E-state index contributed by atoms with van der Waals surface area (Å²) in [5.74, 6) is 1.48. The Morgan fingerprint density at radius 1 is 1.03 bits per heavy atom. The topological polar surface area (TPSA) is 66.9 Å². The third-order valence-corrected chi connectivity index (χ3v) is 5.02. The SMILES string of the molecule is COc1ccc(-c2nc(COC(=O)/C=C/c3cccc(OC)c3OC)cs2)cc1. The second-order valence-electron chi connectivity index (χ2n) is 5.90. The molecule has 0 spiro atoms. The first-order valence-corrected chi connectivity index (χ1v) is 9.67. The molecule has 0 saturated carbocycles. The van der Waals surface area contributed by atoms with Gasteiger partial charge in [0.25, 0.3) is 0 Å². The summed E-state index contributed by atoms with van der Waals surface area (Å²) in [6, 6.07) is 13.1. The molecule has 0 aliphatic rings. The first kappa shape index (κ1) is 20.4. The van der Waals surface area contributed by atoms with Gasteiger partial charge in [0.2, 0.25) is 0 Å². The monoisotopic (exact) mass is 411 g/mol. The van der Waals surface area contributed by atoms with Gasteiger partial charge in [-0.05, 0) is 36.4 Å². The molecule has 1 heterocycles. The van der Waals surface area contributed by atoms with Crippen molar-refractivity contribution in [1.29, 1.82) is 0 Å². The van der Waals surface area contributed by atoms with Crippen LogP contribution in [0.15, 0.2) is 53.9 Å². The molecule has 0 saturated heterocycles. The largest absolute Gasteiger partial charge is 0.497 e. The maximum Gasteiger partial charge on any atom is 0.331 e. The summed E-state index contributed by atoms with van der Waals surface area (Å²) in [5.41, 5.74) is 2.40. The highest BCUT2D eigenvalue weighted by molar-refractivity contribution is 7.13. The summed E-state index contributed by atoms with van der Waals surface area (Å²) < 4.78 is 21.0. The third-order valence-electron chi connectivity index (χ3n) is 4.08. The highest BCUT2D eigenvalue weighted by Crippen LogP contribution is 2.31. The molecule has 29 heavy (non-hydrogen) atoms. The van der Waals surface area contributed by atoms with E-state index in [4.69, 9.17) is 18.9 Å². The van der Waals surface area contributed by atoms with Crippen LogP contribution in [-0.2, 0) is 16.1 Å². The molecule has 7 heteroatoms. The predicted octanol–water partition coefficient (Wildman–Crippen LogP) is 4.59. The Morgan fingerprint density at radius 3 is 2.52 bits per heavy atom. The van der Waals surface area contributed by atoms with Crippen molar-refractivity contribution in [3.63, 3.8) is 0 Å². The Morgan fingerprint density at radius 2 is 1.83 bits per heavy atom. The lowest BCUT2D eigenvalue weighted by Crippen LogP contribution is -2.01. The molecule has 0 radical (unpaired) electrons. The number of hydrogen-bond donors (Lipinski definition) is 0. The molecule has 0 bridgehead atoms. The molecule has 0 amide bonds. The molecule has 1 aromatic heterocycles. The van der Waals surface area contributed by atoms with E-state index in [1.165, 1.54) is 17.4 Å². The van der Waals surface area contributed by atoms with Crippen LogP contribution < -0.4 is 14.2 Å².